The molecule has 1 aromatic rings. The quantitative estimate of drug-likeness (QED) is 0.683. The van der Waals surface area contributed by atoms with E-state index in [0.717, 1.165) is 12.8 Å². The number of aromatic nitrogens is 1. The van der Waals surface area contributed by atoms with E-state index in [1.807, 2.05) is 0 Å². The van der Waals surface area contributed by atoms with E-state index in [1.54, 1.807) is 23.9 Å². The van der Waals surface area contributed by atoms with Crippen LogP contribution in [0.4, 0.5) is 0 Å². The van der Waals surface area contributed by atoms with Gasteiger partial charge in [-0.15, -0.1) is 0 Å². The van der Waals surface area contributed by atoms with E-state index in [4.69, 9.17) is 16.3 Å². The van der Waals surface area contributed by atoms with Crippen molar-refractivity contribution in [1.29, 1.82) is 0 Å². The molecule has 0 saturated heterocycles. The SMILES string of the molecule is Cn1cc(Cl)cc1C(=O)OC1CC1. The fraction of sp³-hybridized carbons (Fsp3) is 0.444. The largest absolute Gasteiger partial charge is 0.458 e. The van der Waals surface area contributed by atoms with Crippen LogP contribution in [0, 0.1) is 0 Å². The molecule has 0 radical (unpaired) electrons. The van der Waals surface area contributed by atoms with Crippen molar-refractivity contribution in [2.75, 3.05) is 0 Å². The van der Waals surface area contributed by atoms with Crippen LogP contribution < -0.4 is 0 Å². The second-order valence-corrected chi connectivity index (χ2v) is 3.70. The number of carbonyl (C=O) groups excluding carboxylic acids is 1. The van der Waals surface area contributed by atoms with Crippen LogP contribution in [0.3, 0.4) is 0 Å². The Morgan fingerprint density at radius 3 is 2.85 bits per heavy atom. The molecule has 3 nitrogen and oxygen atoms in total. The average molecular weight is 200 g/mol. The summed E-state index contributed by atoms with van der Waals surface area (Å²) in [5.41, 5.74) is 0.511. The van der Waals surface area contributed by atoms with E-state index in [2.05, 4.69) is 0 Å². The van der Waals surface area contributed by atoms with Gasteiger partial charge in [0.15, 0.2) is 0 Å². The van der Waals surface area contributed by atoms with Crippen molar-refractivity contribution in [3.8, 4) is 0 Å². The zero-order valence-electron chi connectivity index (χ0n) is 7.29. The molecule has 0 aliphatic heterocycles. The number of carbonyl (C=O) groups is 1. The minimum Gasteiger partial charge on any atom is -0.458 e. The molecule has 1 aromatic heterocycles. The normalized spacial score (nSPS) is 15.8. The maximum absolute atomic E-state index is 11.4. The Morgan fingerprint density at radius 1 is 1.69 bits per heavy atom. The van der Waals surface area contributed by atoms with Crippen molar-refractivity contribution in [1.82, 2.24) is 4.57 Å². The molecule has 0 aromatic carbocycles. The van der Waals surface area contributed by atoms with Crippen molar-refractivity contribution >= 4 is 17.6 Å². The lowest BCUT2D eigenvalue weighted by Crippen LogP contribution is -2.10. The van der Waals surface area contributed by atoms with Crippen LogP contribution in [0.2, 0.25) is 5.02 Å². The van der Waals surface area contributed by atoms with E-state index in [0.29, 0.717) is 10.7 Å². The fourth-order valence-electron chi connectivity index (χ4n) is 1.12. The van der Waals surface area contributed by atoms with Gasteiger partial charge < -0.3 is 9.30 Å². The molecule has 0 amide bonds. The maximum Gasteiger partial charge on any atom is 0.355 e. The van der Waals surface area contributed by atoms with Crippen molar-refractivity contribution in [2.24, 2.45) is 7.05 Å². The molecule has 1 aliphatic carbocycles. The van der Waals surface area contributed by atoms with Gasteiger partial charge in [0.25, 0.3) is 0 Å². The summed E-state index contributed by atoms with van der Waals surface area (Å²) in [6.07, 6.45) is 3.81. The molecule has 1 saturated carbocycles. The molecule has 0 spiro atoms. The number of rotatable bonds is 2. The predicted molar refractivity (Wildman–Crippen MR) is 48.9 cm³/mol. The highest BCUT2D eigenvalue weighted by molar-refractivity contribution is 6.30. The summed E-state index contributed by atoms with van der Waals surface area (Å²) in [6.45, 7) is 0. The number of nitrogens with zero attached hydrogens (tertiary/aromatic N) is 1. The molecule has 70 valence electrons. The molecule has 4 heteroatoms. The molecule has 0 atom stereocenters. The number of esters is 1. The monoisotopic (exact) mass is 199 g/mol. The first-order valence-corrected chi connectivity index (χ1v) is 4.57. The van der Waals surface area contributed by atoms with Gasteiger partial charge in [-0.25, -0.2) is 4.79 Å². The summed E-state index contributed by atoms with van der Waals surface area (Å²) >= 11 is 5.73. The molecule has 1 heterocycles. The molecule has 1 aliphatic rings. The first-order valence-electron chi connectivity index (χ1n) is 4.19. The van der Waals surface area contributed by atoms with Crippen molar-refractivity contribution in [2.45, 2.75) is 18.9 Å². The topological polar surface area (TPSA) is 31.2 Å². The van der Waals surface area contributed by atoms with Gasteiger partial charge in [0, 0.05) is 13.2 Å². The van der Waals surface area contributed by atoms with Crippen LogP contribution in [0.25, 0.3) is 0 Å². The second-order valence-electron chi connectivity index (χ2n) is 3.26. The zero-order chi connectivity index (χ0) is 9.42. The first-order chi connectivity index (χ1) is 6.16. The van der Waals surface area contributed by atoms with Gasteiger partial charge in [0.1, 0.15) is 11.8 Å². The van der Waals surface area contributed by atoms with Crippen LogP contribution in [-0.4, -0.2) is 16.6 Å². The van der Waals surface area contributed by atoms with Crippen molar-refractivity contribution < 1.29 is 9.53 Å². The van der Waals surface area contributed by atoms with Gasteiger partial charge in [-0.2, -0.15) is 0 Å². The van der Waals surface area contributed by atoms with Gasteiger partial charge >= 0.3 is 5.97 Å². The van der Waals surface area contributed by atoms with Gasteiger partial charge in [-0.1, -0.05) is 11.6 Å². The zero-order valence-corrected chi connectivity index (χ0v) is 8.04. The molecule has 0 unspecified atom stereocenters. The highest BCUT2D eigenvalue weighted by Gasteiger charge is 2.27. The maximum atomic E-state index is 11.4. The van der Waals surface area contributed by atoms with Crippen molar-refractivity contribution in [3.63, 3.8) is 0 Å². The smallest absolute Gasteiger partial charge is 0.355 e. The molecular formula is C9H10ClNO2. The molecule has 1 fully saturated rings. The van der Waals surface area contributed by atoms with E-state index < -0.39 is 0 Å². The Morgan fingerprint density at radius 2 is 2.38 bits per heavy atom. The van der Waals surface area contributed by atoms with Crippen LogP contribution in [0.5, 0.6) is 0 Å². The molecule has 2 rings (SSSR count). The minimum absolute atomic E-state index is 0.140. The van der Waals surface area contributed by atoms with Gasteiger partial charge in [0.05, 0.1) is 5.02 Å². The Kier molecular flexibility index (Phi) is 2.04. The Balaban J connectivity index is 2.13. The predicted octanol–water partition coefficient (Wildman–Crippen LogP) is 2.00. The van der Waals surface area contributed by atoms with Crippen molar-refractivity contribution in [3.05, 3.63) is 23.0 Å². The molecule has 0 N–H and O–H groups in total. The third-order valence-electron chi connectivity index (χ3n) is 1.98. The lowest BCUT2D eigenvalue weighted by atomic mass is 10.4. The summed E-state index contributed by atoms with van der Waals surface area (Å²) in [4.78, 5) is 11.4. The minimum atomic E-state index is -0.281. The summed E-state index contributed by atoms with van der Waals surface area (Å²) < 4.78 is 6.80. The number of halogens is 1. The third-order valence-corrected chi connectivity index (χ3v) is 2.19. The first kappa shape index (κ1) is 8.63. The van der Waals surface area contributed by atoms with Crippen LogP contribution >= 0.6 is 11.6 Å². The van der Waals surface area contributed by atoms with Crippen LogP contribution in [0.15, 0.2) is 12.3 Å². The average Bonchev–Trinajstić information content (AvgIpc) is 2.77. The van der Waals surface area contributed by atoms with Gasteiger partial charge in [-0.3, -0.25) is 0 Å². The Hall–Kier alpha value is -0.960. The Bertz CT molecular complexity index is 341. The second kappa shape index (κ2) is 3.07. The van der Waals surface area contributed by atoms with E-state index >= 15 is 0 Å². The molecular weight excluding hydrogens is 190 g/mol. The van der Waals surface area contributed by atoms with E-state index in [9.17, 15) is 4.79 Å². The number of hydrogen-bond donors (Lipinski definition) is 0. The summed E-state index contributed by atoms with van der Waals surface area (Å²) in [5.74, 6) is -0.281. The van der Waals surface area contributed by atoms with Gasteiger partial charge in [0.2, 0.25) is 0 Å². The van der Waals surface area contributed by atoms with E-state index in [-0.39, 0.29) is 12.1 Å². The number of ether oxygens (including phenoxy) is 1. The summed E-state index contributed by atoms with van der Waals surface area (Å²) in [7, 11) is 1.77. The fourth-order valence-corrected chi connectivity index (χ4v) is 1.37. The summed E-state index contributed by atoms with van der Waals surface area (Å²) in [5, 5.41) is 0.560. The lowest BCUT2D eigenvalue weighted by molar-refractivity contribution is 0.0461. The highest BCUT2D eigenvalue weighted by Crippen LogP contribution is 2.25. The number of hydrogen-bond acceptors (Lipinski definition) is 2. The van der Waals surface area contributed by atoms with Gasteiger partial charge in [-0.05, 0) is 18.9 Å². The third kappa shape index (κ3) is 1.86. The highest BCUT2D eigenvalue weighted by atomic mass is 35.5. The Labute approximate surface area is 81.2 Å². The van der Waals surface area contributed by atoms with Crippen LogP contribution in [0.1, 0.15) is 23.3 Å². The summed E-state index contributed by atoms with van der Waals surface area (Å²) in [6, 6.07) is 1.62. The molecule has 13 heavy (non-hydrogen) atoms. The molecule has 0 bridgehead atoms. The lowest BCUT2D eigenvalue weighted by Gasteiger charge is -2.02. The standard InChI is InChI=1S/C9H10ClNO2/c1-11-5-6(10)4-8(11)9(12)13-7-2-3-7/h4-5,7H,2-3H2,1H3. The van der Waals surface area contributed by atoms with E-state index in [1.165, 1.54) is 0 Å². The van der Waals surface area contributed by atoms with Crippen LogP contribution in [-0.2, 0) is 11.8 Å². The number of aryl methyl sites for hydroxylation is 1.